The average molecular weight is 210 g/mol. The third-order valence-electron chi connectivity index (χ3n) is 2.70. The molecule has 0 spiro atoms. The van der Waals surface area contributed by atoms with Gasteiger partial charge in [0.2, 0.25) is 0 Å². The predicted octanol–water partition coefficient (Wildman–Crippen LogP) is -1.19. The summed E-state index contributed by atoms with van der Waals surface area (Å²) in [5, 5.41) is 19.0. The van der Waals surface area contributed by atoms with Crippen molar-refractivity contribution in [2.75, 3.05) is 20.1 Å². The van der Waals surface area contributed by atoms with Crippen molar-refractivity contribution in [3.63, 3.8) is 0 Å². The second-order valence-electron chi connectivity index (χ2n) is 3.68. The topological polar surface area (TPSA) is 81.2 Å². The Morgan fingerprint density at radius 3 is 3.00 bits per heavy atom. The Bertz CT molecular complexity index is 338. The first kappa shape index (κ1) is 10.1. The van der Waals surface area contributed by atoms with E-state index in [1.807, 2.05) is 0 Å². The highest BCUT2D eigenvalue weighted by Crippen LogP contribution is 2.10. The van der Waals surface area contributed by atoms with Gasteiger partial charge in [-0.05, 0) is 6.07 Å². The predicted molar refractivity (Wildman–Crippen MR) is 53.3 cm³/mol. The van der Waals surface area contributed by atoms with Gasteiger partial charge in [0.1, 0.15) is 5.69 Å². The number of nitrogens with one attached hydrogen (secondary N) is 2. The monoisotopic (exact) mass is 210 g/mol. The lowest BCUT2D eigenvalue weighted by Crippen LogP contribution is -2.44. The number of aromatic amines is 1. The summed E-state index contributed by atoms with van der Waals surface area (Å²) in [6, 6.07) is 1.45. The Morgan fingerprint density at radius 1 is 1.67 bits per heavy atom. The lowest BCUT2D eigenvalue weighted by Gasteiger charge is -2.25. The molecule has 1 aliphatic heterocycles. The Hall–Kier alpha value is -1.40. The third kappa shape index (κ3) is 1.86. The Morgan fingerprint density at radius 2 is 2.47 bits per heavy atom. The minimum atomic E-state index is -0.498. The van der Waals surface area contributed by atoms with Gasteiger partial charge in [-0.25, -0.2) is 0 Å². The van der Waals surface area contributed by atoms with Crippen LogP contribution < -0.4 is 5.32 Å². The van der Waals surface area contributed by atoms with Crippen LogP contribution in [0.1, 0.15) is 10.5 Å². The maximum atomic E-state index is 11.9. The van der Waals surface area contributed by atoms with E-state index in [-0.39, 0.29) is 11.9 Å². The zero-order chi connectivity index (χ0) is 10.8. The van der Waals surface area contributed by atoms with E-state index in [9.17, 15) is 9.90 Å². The number of likely N-dealkylation sites (N-methyl/N-ethyl adjacent to an activating group) is 1. The van der Waals surface area contributed by atoms with Gasteiger partial charge in [-0.3, -0.25) is 9.89 Å². The van der Waals surface area contributed by atoms with Crippen molar-refractivity contribution in [1.82, 2.24) is 20.4 Å². The van der Waals surface area contributed by atoms with Gasteiger partial charge in [0.15, 0.2) is 0 Å². The van der Waals surface area contributed by atoms with Crippen LogP contribution in [-0.4, -0.2) is 58.4 Å². The van der Waals surface area contributed by atoms with Gasteiger partial charge in [0.05, 0.1) is 12.1 Å². The smallest absolute Gasteiger partial charge is 0.271 e. The van der Waals surface area contributed by atoms with Gasteiger partial charge in [-0.2, -0.15) is 5.10 Å². The fraction of sp³-hybridized carbons (Fsp3) is 0.556. The molecule has 1 amide bonds. The molecule has 0 radical (unpaired) electrons. The van der Waals surface area contributed by atoms with E-state index >= 15 is 0 Å². The number of β-amino-alcohol motifs (C(OH)–C–C–N with tert-alkyl or cyclic N) is 1. The maximum Gasteiger partial charge on any atom is 0.271 e. The van der Waals surface area contributed by atoms with E-state index in [0.29, 0.717) is 18.8 Å². The third-order valence-corrected chi connectivity index (χ3v) is 2.70. The minimum absolute atomic E-state index is 0.153. The summed E-state index contributed by atoms with van der Waals surface area (Å²) in [7, 11) is 1.68. The fourth-order valence-corrected chi connectivity index (χ4v) is 1.76. The quantitative estimate of drug-likeness (QED) is 0.573. The van der Waals surface area contributed by atoms with Gasteiger partial charge in [-0.15, -0.1) is 0 Å². The summed E-state index contributed by atoms with van der Waals surface area (Å²) in [4.78, 5) is 13.4. The van der Waals surface area contributed by atoms with Crippen LogP contribution in [0.2, 0.25) is 0 Å². The van der Waals surface area contributed by atoms with E-state index in [4.69, 9.17) is 0 Å². The number of nitrogens with zero attached hydrogens (tertiary/aromatic N) is 2. The Kier molecular flexibility index (Phi) is 2.70. The maximum absolute atomic E-state index is 11.9. The first-order chi connectivity index (χ1) is 7.20. The average Bonchev–Trinajstić information content (AvgIpc) is 2.85. The van der Waals surface area contributed by atoms with E-state index in [0.717, 1.165) is 0 Å². The van der Waals surface area contributed by atoms with Crippen molar-refractivity contribution in [1.29, 1.82) is 0 Å². The van der Waals surface area contributed by atoms with E-state index < -0.39 is 6.10 Å². The van der Waals surface area contributed by atoms with Gasteiger partial charge in [-0.1, -0.05) is 0 Å². The standard InChI is InChI=1S/C9H14N4O2/c1-13(7-4-10-5-8(7)14)9(15)6-2-3-11-12-6/h2-3,7-8,10,14H,4-5H2,1H3,(H,11,12). The minimum Gasteiger partial charge on any atom is -0.390 e. The molecule has 1 fully saturated rings. The first-order valence-corrected chi connectivity index (χ1v) is 4.85. The van der Waals surface area contributed by atoms with Crippen LogP contribution in [0.4, 0.5) is 0 Å². The normalized spacial score (nSPS) is 25.5. The van der Waals surface area contributed by atoms with Crippen LogP contribution >= 0.6 is 0 Å². The van der Waals surface area contributed by atoms with Gasteiger partial charge in [0, 0.05) is 26.3 Å². The molecule has 15 heavy (non-hydrogen) atoms. The summed E-state index contributed by atoms with van der Waals surface area (Å²) >= 11 is 0. The molecule has 0 saturated carbocycles. The summed E-state index contributed by atoms with van der Waals surface area (Å²) in [6.45, 7) is 1.16. The Labute approximate surface area is 87.3 Å². The molecule has 1 aromatic rings. The number of H-pyrrole nitrogens is 1. The number of aliphatic hydroxyl groups is 1. The molecular weight excluding hydrogens is 196 g/mol. The lowest BCUT2D eigenvalue weighted by molar-refractivity contribution is 0.0576. The van der Waals surface area contributed by atoms with Crippen LogP contribution in [0.25, 0.3) is 0 Å². The van der Waals surface area contributed by atoms with E-state index in [1.54, 1.807) is 13.1 Å². The molecule has 1 aliphatic rings. The van der Waals surface area contributed by atoms with Crippen LogP contribution in [-0.2, 0) is 0 Å². The molecular formula is C9H14N4O2. The van der Waals surface area contributed by atoms with Crippen LogP contribution in [0, 0.1) is 0 Å². The van der Waals surface area contributed by atoms with Crippen molar-refractivity contribution >= 4 is 5.91 Å². The van der Waals surface area contributed by atoms with Gasteiger partial charge in [0.25, 0.3) is 5.91 Å². The largest absolute Gasteiger partial charge is 0.390 e. The summed E-state index contributed by atoms with van der Waals surface area (Å²) in [6.07, 6.45) is 1.03. The molecule has 2 rings (SSSR count). The number of carbonyl (C=O) groups is 1. The lowest BCUT2D eigenvalue weighted by atomic mass is 10.2. The number of hydrogen-bond donors (Lipinski definition) is 3. The molecule has 1 saturated heterocycles. The SMILES string of the molecule is CN(C(=O)c1ccn[nH]1)C1CNCC1O. The van der Waals surface area contributed by atoms with Gasteiger partial charge < -0.3 is 15.3 Å². The summed E-state index contributed by atoms with van der Waals surface area (Å²) in [5.74, 6) is -0.153. The second kappa shape index (κ2) is 4.00. The van der Waals surface area contributed by atoms with Crippen LogP contribution in [0.3, 0.4) is 0 Å². The van der Waals surface area contributed by atoms with Gasteiger partial charge >= 0.3 is 0 Å². The molecule has 6 nitrogen and oxygen atoms in total. The molecule has 0 aromatic carbocycles. The molecule has 0 bridgehead atoms. The van der Waals surface area contributed by atoms with E-state index in [2.05, 4.69) is 15.5 Å². The van der Waals surface area contributed by atoms with Crippen molar-refractivity contribution < 1.29 is 9.90 Å². The van der Waals surface area contributed by atoms with Crippen LogP contribution in [0.15, 0.2) is 12.3 Å². The molecule has 0 aliphatic carbocycles. The highest BCUT2D eigenvalue weighted by molar-refractivity contribution is 5.92. The van der Waals surface area contributed by atoms with Crippen LogP contribution in [0.5, 0.6) is 0 Å². The molecule has 1 aromatic heterocycles. The van der Waals surface area contributed by atoms with Crippen molar-refractivity contribution in [2.24, 2.45) is 0 Å². The summed E-state index contributed by atoms with van der Waals surface area (Å²) in [5.41, 5.74) is 0.441. The summed E-state index contributed by atoms with van der Waals surface area (Å²) < 4.78 is 0. The fourth-order valence-electron chi connectivity index (χ4n) is 1.76. The van der Waals surface area contributed by atoms with Crippen molar-refractivity contribution in [3.8, 4) is 0 Å². The Balaban J connectivity index is 2.07. The highest BCUT2D eigenvalue weighted by Gasteiger charge is 2.31. The molecule has 2 heterocycles. The molecule has 2 atom stereocenters. The number of aliphatic hydroxyl groups excluding tert-OH is 1. The van der Waals surface area contributed by atoms with Crippen molar-refractivity contribution in [2.45, 2.75) is 12.1 Å². The highest BCUT2D eigenvalue weighted by atomic mass is 16.3. The number of rotatable bonds is 2. The zero-order valence-electron chi connectivity index (χ0n) is 8.47. The van der Waals surface area contributed by atoms with E-state index in [1.165, 1.54) is 11.1 Å². The number of carbonyl (C=O) groups excluding carboxylic acids is 1. The second-order valence-corrected chi connectivity index (χ2v) is 3.68. The van der Waals surface area contributed by atoms with Crippen molar-refractivity contribution in [3.05, 3.63) is 18.0 Å². The molecule has 2 unspecified atom stereocenters. The molecule has 3 N–H and O–H groups in total. The number of hydrogen-bond acceptors (Lipinski definition) is 4. The number of aromatic nitrogens is 2. The zero-order valence-corrected chi connectivity index (χ0v) is 8.47. The first-order valence-electron chi connectivity index (χ1n) is 4.85. The molecule has 82 valence electrons. The molecule has 6 heteroatoms. The number of amides is 1.